The quantitative estimate of drug-likeness (QED) is 0.521. The summed E-state index contributed by atoms with van der Waals surface area (Å²) in [6, 6.07) is 7.83. The first-order chi connectivity index (χ1) is 10.1. The molecule has 7 nitrogen and oxygen atoms in total. The summed E-state index contributed by atoms with van der Waals surface area (Å²) in [5, 5.41) is 16.4. The van der Waals surface area contributed by atoms with E-state index < -0.39 is 4.92 Å². The minimum atomic E-state index is -0.541. The lowest BCUT2D eigenvalue weighted by molar-refractivity contribution is -0.385. The summed E-state index contributed by atoms with van der Waals surface area (Å²) in [5.74, 6) is -0.163. The number of ether oxygens (including phenoxy) is 1. The van der Waals surface area contributed by atoms with Gasteiger partial charge in [0.25, 0.3) is 5.91 Å². The maximum absolute atomic E-state index is 11.6. The molecule has 108 valence electrons. The fourth-order valence-electron chi connectivity index (χ4n) is 1.56. The van der Waals surface area contributed by atoms with Gasteiger partial charge in [0.1, 0.15) is 0 Å². The molecule has 1 heterocycles. The van der Waals surface area contributed by atoms with Gasteiger partial charge >= 0.3 is 5.69 Å². The van der Waals surface area contributed by atoms with Gasteiger partial charge in [-0.25, -0.2) is 5.43 Å². The van der Waals surface area contributed by atoms with Crippen LogP contribution in [0.15, 0.2) is 40.8 Å². The highest BCUT2D eigenvalue weighted by atomic mass is 32.1. The average Bonchev–Trinajstić information content (AvgIpc) is 3.01. The third-order valence-electron chi connectivity index (χ3n) is 2.52. The summed E-state index contributed by atoms with van der Waals surface area (Å²) in [6.45, 7) is 0. The predicted octanol–water partition coefficient (Wildman–Crippen LogP) is 2.43. The molecule has 0 fully saturated rings. The standard InChI is InChI=1S/C13H11N3O4S/c1-20-11-5-4-9(7-10(11)16(18)19)8-14-15-13(17)12-3-2-6-21-12/h2-8H,1H3,(H,15,17). The van der Waals surface area contributed by atoms with Crippen LogP contribution < -0.4 is 10.2 Å². The summed E-state index contributed by atoms with van der Waals surface area (Å²) in [6.07, 6.45) is 1.33. The summed E-state index contributed by atoms with van der Waals surface area (Å²) >= 11 is 1.30. The van der Waals surface area contributed by atoms with E-state index in [1.165, 1.54) is 36.8 Å². The molecule has 0 radical (unpaired) electrons. The maximum atomic E-state index is 11.6. The Morgan fingerprint density at radius 2 is 2.29 bits per heavy atom. The number of carbonyl (C=O) groups excluding carboxylic acids is 1. The van der Waals surface area contributed by atoms with Crippen LogP contribution in [0.2, 0.25) is 0 Å². The molecule has 1 aromatic carbocycles. The van der Waals surface area contributed by atoms with E-state index in [0.717, 1.165) is 0 Å². The second kappa shape index (κ2) is 6.62. The Kier molecular flexibility index (Phi) is 4.62. The van der Waals surface area contributed by atoms with E-state index >= 15 is 0 Å². The number of nitrogens with one attached hydrogen (secondary N) is 1. The van der Waals surface area contributed by atoms with Gasteiger partial charge in [0.05, 0.1) is 23.1 Å². The molecule has 0 aliphatic carbocycles. The molecule has 0 saturated carbocycles. The lowest BCUT2D eigenvalue weighted by Crippen LogP contribution is -2.16. The minimum absolute atomic E-state index is 0.161. The topological polar surface area (TPSA) is 93.8 Å². The lowest BCUT2D eigenvalue weighted by atomic mass is 10.2. The van der Waals surface area contributed by atoms with Crippen molar-refractivity contribution in [2.45, 2.75) is 0 Å². The normalized spacial score (nSPS) is 10.5. The Bertz CT molecular complexity index is 683. The van der Waals surface area contributed by atoms with Crippen molar-refractivity contribution in [3.63, 3.8) is 0 Å². The van der Waals surface area contributed by atoms with Crippen LogP contribution in [0.4, 0.5) is 5.69 Å². The number of hydrogen-bond donors (Lipinski definition) is 1. The zero-order valence-electron chi connectivity index (χ0n) is 11.0. The number of carbonyl (C=O) groups is 1. The van der Waals surface area contributed by atoms with E-state index in [1.54, 1.807) is 23.6 Å². The number of nitro benzene ring substituents is 1. The van der Waals surface area contributed by atoms with Crippen LogP contribution in [0.3, 0.4) is 0 Å². The molecular weight excluding hydrogens is 294 g/mol. The van der Waals surface area contributed by atoms with Crippen LogP contribution in [0.1, 0.15) is 15.2 Å². The molecule has 0 spiro atoms. The highest BCUT2D eigenvalue weighted by Gasteiger charge is 2.14. The van der Waals surface area contributed by atoms with Gasteiger partial charge in [0, 0.05) is 11.6 Å². The molecule has 2 rings (SSSR count). The van der Waals surface area contributed by atoms with Gasteiger partial charge in [0.15, 0.2) is 5.75 Å². The van der Waals surface area contributed by atoms with Gasteiger partial charge in [-0.15, -0.1) is 11.3 Å². The minimum Gasteiger partial charge on any atom is -0.490 e. The number of hydrogen-bond acceptors (Lipinski definition) is 6. The molecule has 0 unspecified atom stereocenters. The van der Waals surface area contributed by atoms with Gasteiger partial charge in [-0.2, -0.15) is 5.10 Å². The van der Waals surface area contributed by atoms with Crippen molar-refractivity contribution in [1.29, 1.82) is 0 Å². The van der Waals surface area contributed by atoms with Gasteiger partial charge in [-0.05, 0) is 23.6 Å². The molecule has 0 saturated heterocycles. The van der Waals surface area contributed by atoms with Crippen molar-refractivity contribution in [3.05, 3.63) is 56.3 Å². The van der Waals surface area contributed by atoms with E-state index in [-0.39, 0.29) is 17.3 Å². The number of benzene rings is 1. The molecule has 0 bridgehead atoms. The summed E-state index contributed by atoms with van der Waals surface area (Å²) in [5.41, 5.74) is 2.67. The largest absolute Gasteiger partial charge is 0.490 e. The number of amides is 1. The van der Waals surface area contributed by atoms with Crippen LogP contribution in [-0.4, -0.2) is 24.2 Å². The first-order valence-electron chi connectivity index (χ1n) is 5.81. The summed E-state index contributed by atoms with van der Waals surface area (Å²) in [7, 11) is 1.36. The second-order valence-electron chi connectivity index (χ2n) is 3.86. The van der Waals surface area contributed by atoms with Gasteiger partial charge in [-0.3, -0.25) is 14.9 Å². The fraction of sp³-hybridized carbons (Fsp3) is 0.0769. The van der Waals surface area contributed by atoms with Crippen molar-refractivity contribution in [3.8, 4) is 5.75 Å². The molecule has 0 atom stereocenters. The van der Waals surface area contributed by atoms with Crippen LogP contribution in [0.25, 0.3) is 0 Å². The van der Waals surface area contributed by atoms with E-state index in [0.29, 0.717) is 10.4 Å². The molecule has 0 aliphatic heterocycles. The van der Waals surface area contributed by atoms with Crippen LogP contribution in [0, 0.1) is 10.1 Å². The van der Waals surface area contributed by atoms with Crippen molar-refractivity contribution < 1.29 is 14.5 Å². The Balaban J connectivity index is 2.09. The maximum Gasteiger partial charge on any atom is 0.311 e. The number of hydrazone groups is 1. The van der Waals surface area contributed by atoms with E-state index in [2.05, 4.69) is 10.5 Å². The van der Waals surface area contributed by atoms with E-state index in [1.807, 2.05) is 0 Å². The van der Waals surface area contributed by atoms with Crippen molar-refractivity contribution in [2.75, 3.05) is 7.11 Å². The van der Waals surface area contributed by atoms with Crippen molar-refractivity contribution in [1.82, 2.24) is 5.43 Å². The number of nitro groups is 1. The van der Waals surface area contributed by atoms with Crippen molar-refractivity contribution >= 4 is 29.1 Å². The molecule has 0 aliphatic rings. The lowest BCUT2D eigenvalue weighted by Gasteiger charge is -2.02. The SMILES string of the molecule is COc1ccc(C=NNC(=O)c2cccs2)cc1[N+](=O)[O-]. The highest BCUT2D eigenvalue weighted by Crippen LogP contribution is 2.26. The third kappa shape index (κ3) is 3.63. The summed E-state index contributed by atoms with van der Waals surface area (Å²) < 4.78 is 4.90. The van der Waals surface area contributed by atoms with Gasteiger partial charge in [-0.1, -0.05) is 6.07 Å². The van der Waals surface area contributed by atoms with E-state index in [9.17, 15) is 14.9 Å². The van der Waals surface area contributed by atoms with E-state index in [4.69, 9.17) is 4.74 Å². The smallest absolute Gasteiger partial charge is 0.311 e. The van der Waals surface area contributed by atoms with Gasteiger partial charge in [0.2, 0.25) is 0 Å². The number of nitrogens with zero attached hydrogens (tertiary/aromatic N) is 2. The molecule has 1 aromatic heterocycles. The van der Waals surface area contributed by atoms with Crippen LogP contribution in [0.5, 0.6) is 5.75 Å². The molecule has 1 amide bonds. The molecular formula is C13H11N3O4S. The zero-order valence-corrected chi connectivity index (χ0v) is 11.8. The third-order valence-corrected chi connectivity index (χ3v) is 3.39. The Morgan fingerprint density at radius 1 is 1.48 bits per heavy atom. The Hall–Kier alpha value is -2.74. The Morgan fingerprint density at radius 3 is 2.90 bits per heavy atom. The molecule has 1 N–H and O–H groups in total. The summed E-state index contributed by atoms with van der Waals surface area (Å²) in [4.78, 5) is 22.5. The monoisotopic (exact) mass is 305 g/mol. The number of thiophene rings is 1. The number of methoxy groups -OCH3 is 1. The fourth-order valence-corrected chi connectivity index (χ4v) is 2.17. The van der Waals surface area contributed by atoms with Crippen LogP contribution >= 0.6 is 11.3 Å². The molecule has 8 heteroatoms. The second-order valence-corrected chi connectivity index (χ2v) is 4.81. The first-order valence-corrected chi connectivity index (χ1v) is 6.69. The zero-order chi connectivity index (χ0) is 15.2. The predicted molar refractivity (Wildman–Crippen MR) is 79.0 cm³/mol. The highest BCUT2D eigenvalue weighted by molar-refractivity contribution is 7.12. The van der Waals surface area contributed by atoms with Crippen LogP contribution in [-0.2, 0) is 0 Å². The molecule has 21 heavy (non-hydrogen) atoms. The Labute approximate surface area is 124 Å². The number of rotatable bonds is 5. The first kappa shape index (κ1) is 14.7. The van der Waals surface area contributed by atoms with Crippen molar-refractivity contribution in [2.24, 2.45) is 5.10 Å². The molecule has 2 aromatic rings. The average molecular weight is 305 g/mol. The van der Waals surface area contributed by atoms with Gasteiger partial charge < -0.3 is 4.74 Å².